The number of hydrogen-bond acceptors (Lipinski definition) is 3. The highest BCUT2D eigenvalue weighted by Gasteiger charge is 2.04. The Hall–Kier alpha value is -0.650. The number of carbonyl (C=O) groups is 1. The van der Waals surface area contributed by atoms with Crippen molar-refractivity contribution in [2.75, 3.05) is 20.2 Å². The Kier molecular flexibility index (Phi) is 7.23. The Morgan fingerprint density at radius 2 is 2.22 bits per heavy atom. The first-order chi connectivity index (χ1) is 8.63. The molecule has 0 saturated carbocycles. The number of aliphatic hydroxyl groups is 1. The second kappa shape index (κ2) is 8.45. The molecule has 3 nitrogen and oxygen atoms in total. The number of unbranched alkanes of at least 4 members (excludes halogenated alkanes) is 2. The molecule has 100 valence electrons. The average molecular weight is 332 g/mol. The second-order valence-electron chi connectivity index (χ2n) is 4.02. The number of nitrogens with zero attached hydrogens (tertiary/aromatic N) is 1. The van der Waals surface area contributed by atoms with E-state index in [1.807, 2.05) is 18.2 Å². The lowest BCUT2D eigenvalue weighted by atomic mass is 10.2. The maximum absolute atomic E-state index is 11.8. The summed E-state index contributed by atoms with van der Waals surface area (Å²) < 4.78 is 1.06. The van der Waals surface area contributed by atoms with Gasteiger partial charge in [0.05, 0.1) is 3.79 Å². The summed E-state index contributed by atoms with van der Waals surface area (Å²) in [4.78, 5) is 14.5. The number of carbonyl (C=O) groups excluding carboxylic acids is 1. The van der Waals surface area contributed by atoms with E-state index in [-0.39, 0.29) is 12.5 Å². The molecule has 0 aliphatic carbocycles. The van der Waals surface area contributed by atoms with Crippen molar-refractivity contribution in [1.29, 1.82) is 0 Å². The fourth-order valence-electron chi connectivity index (χ4n) is 1.45. The van der Waals surface area contributed by atoms with Crippen molar-refractivity contribution in [1.82, 2.24) is 4.90 Å². The molecule has 0 bridgehead atoms. The molecule has 0 saturated heterocycles. The van der Waals surface area contributed by atoms with Crippen LogP contribution in [0.4, 0.5) is 0 Å². The first-order valence-corrected chi connectivity index (χ1v) is 7.54. The summed E-state index contributed by atoms with van der Waals surface area (Å²) in [6.07, 6.45) is 6.13. The van der Waals surface area contributed by atoms with Gasteiger partial charge in [-0.1, -0.05) is 0 Å². The molecule has 0 spiro atoms. The van der Waals surface area contributed by atoms with Gasteiger partial charge in [0.2, 0.25) is 5.91 Å². The molecule has 18 heavy (non-hydrogen) atoms. The Labute approximate surface area is 120 Å². The summed E-state index contributed by atoms with van der Waals surface area (Å²) in [7, 11) is 1.80. The van der Waals surface area contributed by atoms with Gasteiger partial charge in [-0.3, -0.25) is 4.79 Å². The van der Waals surface area contributed by atoms with Crippen molar-refractivity contribution in [2.45, 2.75) is 19.3 Å². The van der Waals surface area contributed by atoms with Crippen LogP contribution in [0.25, 0.3) is 6.08 Å². The van der Waals surface area contributed by atoms with Crippen molar-refractivity contribution in [2.24, 2.45) is 0 Å². The molecule has 0 atom stereocenters. The minimum atomic E-state index is 0.0171. The van der Waals surface area contributed by atoms with Crippen molar-refractivity contribution >= 4 is 39.2 Å². The number of likely N-dealkylation sites (N-methyl/N-ethyl adjacent to an activating group) is 1. The van der Waals surface area contributed by atoms with Gasteiger partial charge < -0.3 is 10.0 Å². The zero-order valence-electron chi connectivity index (χ0n) is 10.4. The standard InChI is InChI=1S/C13H18BrNO2S/c1-15(9-3-2-4-10-16)13(17)8-6-11-5-7-12(14)18-11/h5-8,16H,2-4,9-10H2,1H3/b8-6+. The molecule has 0 unspecified atom stereocenters. The molecule has 0 aliphatic rings. The van der Waals surface area contributed by atoms with E-state index < -0.39 is 0 Å². The van der Waals surface area contributed by atoms with E-state index in [4.69, 9.17) is 5.11 Å². The minimum absolute atomic E-state index is 0.0171. The van der Waals surface area contributed by atoms with Gasteiger partial charge in [0, 0.05) is 31.2 Å². The van der Waals surface area contributed by atoms with Crippen LogP contribution >= 0.6 is 27.3 Å². The highest BCUT2D eigenvalue weighted by Crippen LogP contribution is 2.22. The lowest BCUT2D eigenvalue weighted by molar-refractivity contribution is -0.124. The van der Waals surface area contributed by atoms with E-state index in [0.717, 1.165) is 34.5 Å². The van der Waals surface area contributed by atoms with Crippen LogP contribution in [0.5, 0.6) is 0 Å². The monoisotopic (exact) mass is 331 g/mol. The van der Waals surface area contributed by atoms with Crippen LogP contribution < -0.4 is 0 Å². The molecule has 1 amide bonds. The predicted molar refractivity (Wildman–Crippen MR) is 79.6 cm³/mol. The molecule has 5 heteroatoms. The molecule has 1 rings (SSSR count). The first-order valence-electron chi connectivity index (χ1n) is 5.93. The maximum Gasteiger partial charge on any atom is 0.246 e. The molecule has 1 aromatic rings. The molecule has 0 radical (unpaired) electrons. The number of aliphatic hydroxyl groups excluding tert-OH is 1. The highest BCUT2D eigenvalue weighted by atomic mass is 79.9. The third-order valence-corrected chi connectivity index (χ3v) is 4.10. The van der Waals surface area contributed by atoms with Gasteiger partial charge >= 0.3 is 0 Å². The molecule has 0 fully saturated rings. The predicted octanol–water partition coefficient (Wildman–Crippen LogP) is 3.14. The van der Waals surface area contributed by atoms with Crippen LogP contribution in [0.15, 0.2) is 22.0 Å². The molecule has 0 aromatic carbocycles. The summed E-state index contributed by atoms with van der Waals surface area (Å²) in [6, 6.07) is 3.94. The normalized spacial score (nSPS) is 11.1. The zero-order valence-corrected chi connectivity index (χ0v) is 12.8. The molecule has 1 aromatic heterocycles. The van der Waals surface area contributed by atoms with Gasteiger partial charge in [-0.2, -0.15) is 0 Å². The van der Waals surface area contributed by atoms with E-state index in [2.05, 4.69) is 15.9 Å². The van der Waals surface area contributed by atoms with E-state index in [1.54, 1.807) is 29.4 Å². The molecular weight excluding hydrogens is 314 g/mol. The van der Waals surface area contributed by atoms with Crippen molar-refractivity contribution in [3.05, 3.63) is 26.9 Å². The fraction of sp³-hybridized carbons (Fsp3) is 0.462. The Balaban J connectivity index is 2.33. The molecular formula is C13H18BrNO2S. The van der Waals surface area contributed by atoms with Gasteiger partial charge in [-0.15, -0.1) is 11.3 Å². The number of rotatable bonds is 7. The highest BCUT2D eigenvalue weighted by molar-refractivity contribution is 9.11. The second-order valence-corrected chi connectivity index (χ2v) is 6.51. The summed E-state index contributed by atoms with van der Waals surface area (Å²) in [5, 5.41) is 8.66. The average Bonchev–Trinajstić information content (AvgIpc) is 2.77. The van der Waals surface area contributed by atoms with Crippen molar-refractivity contribution in [3.63, 3.8) is 0 Å². The number of halogens is 1. The number of amides is 1. The third-order valence-electron chi connectivity index (χ3n) is 2.51. The topological polar surface area (TPSA) is 40.5 Å². The zero-order chi connectivity index (χ0) is 13.4. The summed E-state index contributed by atoms with van der Waals surface area (Å²) in [5.41, 5.74) is 0. The van der Waals surface area contributed by atoms with Gasteiger partial charge in [-0.25, -0.2) is 0 Å². The molecule has 1 heterocycles. The van der Waals surface area contributed by atoms with E-state index in [0.29, 0.717) is 0 Å². The molecule has 1 N–H and O–H groups in total. The third kappa shape index (κ3) is 5.80. The maximum atomic E-state index is 11.8. The van der Waals surface area contributed by atoms with E-state index in [9.17, 15) is 4.79 Å². The molecule has 0 aliphatic heterocycles. The Morgan fingerprint density at radius 3 is 2.83 bits per heavy atom. The Morgan fingerprint density at radius 1 is 1.44 bits per heavy atom. The van der Waals surface area contributed by atoms with Crippen LogP contribution in [0.2, 0.25) is 0 Å². The van der Waals surface area contributed by atoms with Gasteiger partial charge in [0.1, 0.15) is 0 Å². The first kappa shape index (κ1) is 15.4. The summed E-state index contributed by atoms with van der Waals surface area (Å²) >= 11 is 4.98. The summed E-state index contributed by atoms with van der Waals surface area (Å²) in [6.45, 7) is 0.960. The van der Waals surface area contributed by atoms with Crippen LogP contribution in [0.1, 0.15) is 24.1 Å². The van der Waals surface area contributed by atoms with Gasteiger partial charge in [0.25, 0.3) is 0 Å². The quantitative estimate of drug-likeness (QED) is 0.616. The van der Waals surface area contributed by atoms with Crippen molar-refractivity contribution < 1.29 is 9.90 Å². The van der Waals surface area contributed by atoms with Gasteiger partial charge in [0.15, 0.2) is 0 Å². The smallest absolute Gasteiger partial charge is 0.246 e. The number of hydrogen-bond donors (Lipinski definition) is 1. The van der Waals surface area contributed by atoms with Gasteiger partial charge in [-0.05, 0) is 53.4 Å². The van der Waals surface area contributed by atoms with E-state index in [1.165, 1.54) is 0 Å². The van der Waals surface area contributed by atoms with Crippen LogP contribution in [-0.2, 0) is 4.79 Å². The van der Waals surface area contributed by atoms with Crippen LogP contribution in [-0.4, -0.2) is 36.1 Å². The fourth-order valence-corrected chi connectivity index (χ4v) is 2.77. The number of thiophene rings is 1. The van der Waals surface area contributed by atoms with E-state index >= 15 is 0 Å². The lowest BCUT2D eigenvalue weighted by Crippen LogP contribution is -2.25. The summed E-state index contributed by atoms with van der Waals surface area (Å²) in [5.74, 6) is 0.0171. The van der Waals surface area contributed by atoms with Crippen molar-refractivity contribution in [3.8, 4) is 0 Å². The lowest BCUT2D eigenvalue weighted by Gasteiger charge is -2.14. The van der Waals surface area contributed by atoms with Crippen LogP contribution in [0.3, 0.4) is 0 Å². The SMILES string of the molecule is CN(CCCCCO)C(=O)/C=C/c1ccc(Br)s1. The minimum Gasteiger partial charge on any atom is -0.396 e. The largest absolute Gasteiger partial charge is 0.396 e. The van der Waals surface area contributed by atoms with Crippen LogP contribution in [0, 0.1) is 0 Å². The Bertz CT molecular complexity index is 403.